The first-order chi connectivity index (χ1) is 66.0. The zero-order chi connectivity index (χ0) is 101. The first kappa shape index (κ1) is 103. The quantitative estimate of drug-likeness (QED) is 0.0218. The van der Waals surface area contributed by atoms with Crippen molar-refractivity contribution in [3.8, 4) is 6.07 Å². The Kier molecular flexibility index (Phi) is 32.6. The van der Waals surface area contributed by atoms with Gasteiger partial charge in [0, 0.05) is 94.0 Å². The monoisotopic (exact) mass is 2040 g/mol. The minimum atomic E-state index is -2.19. The lowest BCUT2D eigenvalue weighted by atomic mass is 9.86. The second kappa shape index (κ2) is 44.1. The van der Waals surface area contributed by atoms with Crippen molar-refractivity contribution in [1.82, 2.24) is 29.8 Å². The van der Waals surface area contributed by atoms with Crippen LogP contribution >= 0.6 is 73.9 Å². The zero-order valence-electron chi connectivity index (χ0n) is 71.5. The zero-order valence-corrected chi connectivity index (χ0v) is 76.9. The van der Waals surface area contributed by atoms with Crippen molar-refractivity contribution in [2.75, 3.05) is 0 Å². The number of halogens is 11. The van der Waals surface area contributed by atoms with Gasteiger partial charge in [0.25, 0.3) is 5.91 Å². The van der Waals surface area contributed by atoms with E-state index in [9.17, 15) is 101 Å². The van der Waals surface area contributed by atoms with E-state index >= 15 is 4.39 Å². The van der Waals surface area contributed by atoms with E-state index < -0.39 is 155 Å². The molecular formula is C103H66BrCl5F5N7O18. The lowest BCUT2D eigenvalue weighted by Crippen LogP contribution is -2.44. The maximum atomic E-state index is 15.9. The predicted molar refractivity (Wildman–Crippen MR) is 502 cm³/mol. The van der Waals surface area contributed by atoms with Crippen molar-refractivity contribution in [2.24, 2.45) is 0 Å². The Morgan fingerprint density at radius 2 is 0.806 bits per heavy atom. The number of pyridine rings is 5. The number of aliphatic hydroxyl groups excluding tert-OH is 1. The van der Waals surface area contributed by atoms with Crippen molar-refractivity contribution >= 4 is 133 Å². The number of ketones is 5. The van der Waals surface area contributed by atoms with E-state index in [4.69, 9.17) is 68.4 Å². The fraction of sp³-hybridized carbons (Fsp3) is 0.0680. The molecule has 1 aliphatic heterocycles. The number of aromatic nitrogens is 5. The van der Waals surface area contributed by atoms with Crippen LogP contribution in [0.2, 0.25) is 25.1 Å². The van der Waals surface area contributed by atoms with Crippen LogP contribution in [0.4, 0.5) is 22.0 Å². The van der Waals surface area contributed by atoms with Gasteiger partial charge in [0.05, 0.1) is 90.5 Å². The van der Waals surface area contributed by atoms with Crippen LogP contribution in [0.3, 0.4) is 0 Å². The minimum Gasteiger partial charge on any atom is -0.478 e. The van der Waals surface area contributed by atoms with Crippen LogP contribution in [0.5, 0.6) is 0 Å². The number of carbonyl (C=O) groups excluding carboxylic acids is 6. The summed E-state index contributed by atoms with van der Waals surface area (Å²) < 4.78 is 74.4. The van der Waals surface area contributed by atoms with Crippen LogP contribution in [0.25, 0.3) is 0 Å². The molecule has 698 valence electrons. The number of amides is 1. The summed E-state index contributed by atoms with van der Waals surface area (Å²) >= 11 is 32.1. The number of benzene rings is 10. The fourth-order valence-corrected chi connectivity index (χ4v) is 15.3. The van der Waals surface area contributed by atoms with Gasteiger partial charge >= 0.3 is 23.9 Å². The number of fused-ring (bicyclic) bond motifs is 1. The molecule has 25 nitrogen and oxygen atoms in total. The molecule has 16 rings (SSSR count). The highest BCUT2D eigenvalue weighted by Gasteiger charge is 2.53. The van der Waals surface area contributed by atoms with Crippen LogP contribution in [-0.2, 0) is 23.5 Å². The summed E-state index contributed by atoms with van der Waals surface area (Å²) in [4.78, 5) is 144. The molecule has 0 bridgehead atoms. The van der Waals surface area contributed by atoms with E-state index in [0.29, 0.717) is 36.4 Å². The van der Waals surface area contributed by atoms with Crippen LogP contribution in [0.15, 0.2) is 302 Å². The van der Waals surface area contributed by atoms with Crippen molar-refractivity contribution < 1.29 is 111 Å². The Morgan fingerprint density at radius 3 is 1.21 bits per heavy atom. The average molecular weight is 2040 g/mol. The van der Waals surface area contributed by atoms with Crippen molar-refractivity contribution in [3.63, 3.8) is 0 Å². The van der Waals surface area contributed by atoms with Gasteiger partial charge in [-0.15, -0.1) is 0 Å². The minimum absolute atomic E-state index is 0.0174. The molecule has 6 heterocycles. The first-order valence-corrected chi connectivity index (χ1v) is 43.2. The molecule has 5 aromatic heterocycles. The SMILES string of the molecule is CC(O)(c1cc(F)c(C(=O)c2ccc(Cl)cc2)c(C(=O)O)c1)c1ccccn1.CC(O)(c1cc(F)c2c(c1)C(=O)N(Cc1ccc(C#N)cn1)C2(O)c1ccc(Cl)cc1)c1ccccn1.O=C(O)c1cc(Br)cc(F)c1C(=O)c1ccc(Cl)cc1.O=C(O)c1cc(C(O)c2ccccn2)cc(F)c1C(=O)c1ccc(Cl)cc1.O=C(c1cc(F)c(C(=O)c2ccc(Cl)cc2)c(C(=O)O)c1)c1ccccn1. The number of aromatic carboxylic acids is 4. The van der Waals surface area contributed by atoms with E-state index in [0.717, 1.165) is 53.4 Å². The van der Waals surface area contributed by atoms with E-state index in [-0.39, 0.29) is 95.0 Å². The van der Waals surface area contributed by atoms with Crippen LogP contribution in [0.1, 0.15) is 208 Å². The molecule has 1 amide bonds. The van der Waals surface area contributed by atoms with Crippen LogP contribution < -0.4 is 0 Å². The number of carboxylic acid groups (broad SMARTS) is 4. The first-order valence-electron chi connectivity index (χ1n) is 40.5. The van der Waals surface area contributed by atoms with Crippen LogP contribution in [-0.4, -0.2) is 129 Å². The Bertz CT molecular complexity index is 7340. The Hall–Kier alpha value is -15.4. The Morgan fingerprint density at radius 1 is 0.424 bits per heavy atom. The molecule has 0 saturated heterocycles. The molecule has 0 fully saturated rings. The molecule has 4 unspecified atom stereocenters. The number of hydrogen-bond donors (Lipinski definition) is 8. The highest BCUT2D eigenvalue weighted by Crippen LogP contribution is 2.47. The average Bonchev–Trinajstić information content (AvgIpc) is 1.55. The summed E-state index contributed by atoms with van der Waals surface area (Å²) in [7, 11) is 0. The summed E-state index contributed by atoms with van der Waals surface area (Å²) in [6, 6.07) is 63.7. The van der Waals surface area contributed by atoms with E-state index in [1.54, 1.807) is 66.7 Å². The molecule has 10 aromatic carbocycles. The second-order valence-corrected chi connectivity index (χ2v) is 33.5. The maximum absolute atomic E-state index is 15.9. The Labute approximate surface area is 818 Å². The van der Waals surface area contributed by atoms with Gasteiger partial charge in [0.15, 0.2) is 28.9 Å². The van der Waals surface area contributed by atoms with Gasteiger partial charge in [0.2, 0.25) is 5.78 Å². The van der Waals surface area contributed by atoms with Gasteiger partial charge < -0.3 is 40.9 Å². The number of hydrogen-bond acceptors (Lipinski definition) is 20. The number of rotatable bonds is 23. The summed E-state index contributed by atoms with van der Waals surface area (Å²) in [5.41, 5.74) is -8.40. The van der Waals surface area contributed by atoms with E-state index in [1.165, 1.54) is 196 Å². The van der Waals surface area contributed by atoms with Crippen molar-refractivity contribution in [1.29, 1.82) is 5.26 Å². The smallest absolute Gasteiger partial charge is 0.336 e. The summed E-state index contributed by atoms with van der Waals surface area (Å²) in [6.07, 6.45) is 5.82. The number of carbonyl (C=O) groups is 10. The lowest BCUT2D eigenvalue weighted by Gasteiger charge is -2.35. The fourth-order valence-electron chi connectivity index (χ4n) is 14.3. The molecule has 4 atom stereocenters. The van der Waals surface area contributed by atoms with Gasteiger partial charge in [-0.05, 0) is 261 Å². The molecule has 0 saturated carbocycles. The van der Waals surface area contributed by atoms with Gasteiger partial charge in [-0.1, -0.05) is 110 Å². The van der Waals surface area contributed by atoms with Gasteiger partial charge in [-0.2, -0.15) is 5.26 Å². The molecule has 15 aromatic rings. The molecule has 36 heteroatoms. The number of nitriles is 1. The summed E-state index contributed by atoms with van der Waals surface area (Å²) in [6.45, 7) is 2.65. The third kappa shape index (κ3) is 23.3. The summed E-state index contributed by atoms with van der Waals surface area (Å²) in [5, 5.41) is 93.1. The third-order valence-electron chi connectivity index (χ3n) is 21.3. The highest BCUT2D eigenvalue weighted by molar-refractivity contribution is 9.10. The third-order valence-corrected chi connectivity index (χ3v) is 23.0. The highest BCUT2D eigenvalue weighted by atomic mass is 79.9. The van der Waals surface area contributed by atoms with Gasteiger partial charge in [-0.25, -0.2) is 41.1 Å². The molecule has 0 radical (unpaired) electrons. The molecule has 0 spiro atoms. The largest absolute Gasteiger partial charge is 0.478 e. The normalized spacial score (nSPS) is 13.3. The van der Waals surface area contributed by atoms with E-state index in [2.05, 4.69) is 40.8 Å². The van der Waals surface area contributed by atoms with Crippen molar-refractivity contribution in [2.45, 2.75) is 43.4 Å². The molecular weight excluding hydrogens is 1980 g/mol. The number of aliphatic hydroxyl groups is 4. The number of carboxylic acids is 4. The van der Waals surface area contributed by atoms with Gasteiger partial charge in [-0.3, -0.25) is 58.6 Å². The maximum Gasteiger partial charge on any atom is 0.336 e. The molecule has 1 aliphatic rings. The Balaban J connectivity index is 0.000000158. The van der Waals surface area contributed by atoms with E-state index in [1.807, 2.05) is 6.07 Å². The van der Waals surface area contributed by atoms with Crippen LogP contribution in [0, 0.1) is 40.4 Å². The standard InChI is InChI=1S/C28H20ClFN4O3.C21H15ClFNO4.C20H13ClFNO4.C20H11ClFNO4.C14H7BrClFO3/c1-27(36,24-4-2-3-11-32-24)19-12-22-25(23(30)13-19)28(37,18-6-8-20(29)9-7-18)34(26(22)35)16-21-10-5-17(14-31)15-33-21;1-21(28,17-4-2-3-9-24-17)13-10-15(20(26)27)18(16(23)11-13)19(25)12-5-7-14(22)8-6-12;2*21-13-6-4-11(5-7-13)19(25)17-14(20(26)27)9-12(10-15(17)22)18(24)16-3-1-2-8-23-16;15-8-5-10(14(19)20)12(11(17)6-8)13(18)7-1-3-9(16)4-2-7/h2-13,15,36-37H,16H2,1H3;2-11,28H,1H3,(H,26,27);1-10,18,24H,(H,26,27);1-10H,(H,26,27);1-6H,(H,19,20). The predicted octanol–water partition coefficient (Wildman–Crippen LogP) is 20.4. The molecule has 139 heavy (non-hydrogen) atoms. The van der Waals surface area contributed by atoms with Gasteiger partial charge in [0.1, 0.15) is 58.2 Å². The molecule has 8 N–H and O–H groups in total. The van der Waals surface area contributed by atoms with Crippen molar-refractivity contribution in [3.05, 3.63) is 496 Å². The second-order valence-electron chi connectivity index (χ2n) is 30.4. The topological polar surface area (TPSA) is 424 Å². The summed E-state index contributed by atoms with van der Waals surface area (Å²) in [5.74, 6) is -15.3. The number of nitrogens with zero attached hydrogens (tertiary/aromatic N) is 7. The molecule has 0 aliphatic carbocycles. The lowest BCUT2D eigenvalue weighted by molar-refractivity contribution is -0.0567.